The number of hydrogen-bond acceptors (Lipinski definition) is 4. The SMILES string of the molecule is N[C@@H]1[C@@H](O)[C@H](O)CN2CCCC[C@@H]12. The van der Waals surface area contributed by atoms with Gasteiger partial charge in [-0.2, -0.15) is 0 Å². The van der Waals surface area contributed by atoms with Gasteiger partial charge >= 0.3 is 0 Å². The summed E-state index contributed by atoms with van der Waals surface area (Å²) in [5, 5.41) is 19.1. The Morgan fingerprint density at radius 1 is 1.23 bits per heavy atom. The molecule has 2 heterocycles. The number of hydrogen-bond donors (Lipinski definition) is 3. The van der Waals surface area contributed by atoms with Crippen LogP contribution >= 0.6 is 0 Å². The van der Waals surface area contributed by atoms with Crippen molar-refractivity contribution in [2.45, 2.75) is 43.6 Å². The Labute approximate surface area is 78.3 Å². The van der Waals surface area contributed by atoms with Crippen molar-refractivity contribution in [3.05, 3.63) is 0 Å². The topological polar surface area (TPSA) is 69.7 Å². The third-order valence-electron chi connectivity index (χ3n) is 3.32. The maximum Gasteiger partial charge on any atom is 0.0977 e. The highest BCUT2D eigenvalue weighted by molar-refractivity contribution is 4.98. The summed E-state index contributed by atoms with van der Waals surface area (Å²) in [5.41, 5.74) is 5.87. The molecule has 13 heavy (non-hydrogen) atoms. The predicted molar refractivity (Wildman–Crippen MR) is 49.2 cm³/mol. The lowest BCUT2D eigenvalue weighted by atomic mass is 9.86. The summed E-state index contributed by atoms with van der Waals surface area (Å²) in [6.07, 6.45) is 2.04. The van der Waals surface area contributed by atoms with Crippen molar-refractivity contribution in [3.63, 3.8) is 0 Å². The van der Waals surface area contributed by atoms with E-state index in [1.807, 2.05) is 0 Å². The Bertz CT molecular complexity index is 186. The number of nitrogens with two attached hydrogens (primary N) is 1. The fraction of sp³-hybridized carbons (Fsp3) is 1.00. The quantitative estimate of drug-likeness (QED) is 0.449. The molecule has 4 heteroatoms. The number of rotatable bonds is 0. The molecule has 2 aliphatic heterocycles. The number of nitrogens with zero attached hydrogens (tertiary/aromatic N) is 1. The summed E-state index contributed by atoms with van der Waals surface area (Å²) < 4.78 is 0. The van der Waals surface area contributed by atoms with Gasteiger partial charge in [0.2, 0.25) is 0 Å². The van der Waals surface area contributed by atoms with Crippen LogP contribution in [0.2, 0.25) is 0 Å². The van der Waals surface area contributed by atoms with Crippen LogP contribution in [-0.2, 0) is 0 Å². The zero-order valence-corrected chi connectivity index (χ0v) is 7.76. The van der Waals surface area contributed by atoms with Gasteiger partial charge in [0.1, 0.15) is 0 Å². The molecule has 76 valence electrons. The lowest BCUT2D eigenvalue weighted by molar-refractivity contribution is -0.0828. The summed E-state index contributed by atoms with van der Waals surface area (Å²) >= 11 is 0. The molecular formula is C9H18N2O2. The second-order valence-electron chi connectivity index (χ2n) is 4.19. The van der Waals surface area contributed by atoms with Gasteiger partial charge in [-0.1, -0.05) is 6.42 Å². The van der Waals surface area contributed by atoms with Gasteiger partial charge in [0.15, 0.2) is 0 Å². The number of fused-ring (bicyclic) bond motifs is 1. The van der Waals surface area contributed by atoms with Gasteiger partial charge in [-0.15, -0.1) is 0 Å². The first-order valence-corrected chi connectivity index (χ1v) is 5.06. The molecule has 0 unspecified atom stereocenters. The van der Waals surface area contributed by atoms with Crippen molar-refractivity contribution in [1.29, 1.82) is 0 Å². The molecule has 0 aromatic carbocycles. The zero-order valence-electron chi connectivity index (χ0n) is 7.76. The molecular weight excluding hydrogens is 168 g/mol. The highest BCUT2D eigenvalue weighted by Gasteiger charge is 2.40. The van der Waals surface area contributed by atoms with Crippen molar-refractivity contribution in [1.82, 2.24) is 4.90 Å². The number of piperidine rings is 2. The van der Waals surface area contributed by atoms with E-state index >= 15 is 0 Å². The molecule has 0 aromatic heterocycles. The third kappa shape index (κ3) is 1.59. The largest absolute Gasteiger partial charge is 0.389 e. The zero-order chi connectivity index (χ0) is 9.42. The summed E-state index contributed by atoms with van der Waals surface area (Å²) in [5.74, 6) is 0. The molecule has 0 aliphatic carbocycles. The van der Waals surface area contributed by atoms with Crippen LogP contribution in [0.4, 0.5) is 0 Å². The molecule has 0 radical (unpaired) electrons. The molecule has 0 aromatic rings. The molecule has 2 fully saturated rings. The van der Waals surface area contributed by atoms with Crippen LogP contribution in [0.3, 0.4) is 0 Å². The van der Waals surface area contributed by atoms with Crippen molar-refractivity contribution in [2.75, 3.05) is 13.1 Å². The molecule has 0 bridgehead atoms. The summed E-state index contributed by atoms with van der Waals surface area (Å²) in [6.45, 7) is 1.60. The molecule has 4 N–H and O–H groups in total. The fourth-order valence-corrected chi connectivity index (χ4v) is 2.51. The van der Waals surface area contributed by atoms with Crippen LogP contribution in [0.25, 0.3) is 0 Å². The van der Waals surface area contributed by atoms with Crippen LogP contribution in [-0.4, -0.2) is 52.5 Å². The predicted octanol–water partition coefficient (Wildman–Crippen LogP) is -1.10. The molecule has 0 spiro atoms. The van der Waals surface area contributed by atoms with Crippen LogP contribution in [0.1, 0.15) is 19.3 Å². The van der Waals surface area contributed by atoms with Gasteiger partial charge in [0.05, 0.1) is 12.2 Å². The lowest BCUT2D eigenvalue weighted by Gasteiger charge is -2.47. The second-order valence-corrected chi connectivity index (χ2v) is 4.19. The van der Waals surface area contributed by atoms with E-state index in [1.54, 1.807) is 0 Å². The van der Waals surface area contributed by atoms with Crippen LogP contribution in [0.5, 0.6) is 0 Å². The van der Waals surface area contributed by atoms with Crippen molar-refractivity contribution in [3.8, 4) is 0 Å². The van der Waals surface area contributed by atoms with Gasteiger partial charge in [0, 0.05) is 18.6 Å². The van der Waals surface area contributed by atoms with Crippen LogP contribution in [0.15, 0.2) is 0 Å². The summed E-state index contributed by atoms with van der Waals surface area (Å²) in [4.78, 5) is 2.21. The Hall–Kier alpha value is -0.160. The third-order valence-corrected chi connectivity index (χ3v) is 3.32. The van der Waals surface area contributed by atoms with Crippen molar-refractivity contribution in [2.24, 2.45) is 5.73 Å². The maximum absolute atomic E-state index is 9.58. The molecule has 2 aliphatic rings. The van der Waals surface area contributed by atoms with Crippen molar-refractivity contribution < 1.29 is 10.2 Å². The first kappa shape index (κ1) is 9.40. The number of aliphatic hydroxyl groups is 2. The Morgan fingerprint density at radius 2 is 2.00 bits per heavy atom. The molecule has 4 atom stereocenters. The van der Waals surface area contributed by atoms with Gasteiger partial charge in [-0.05, 0) is 19.4 Å². The van der Waals surface area contributed by atoms with Gasteiger partial charge in [-0.3, -0.25) is 4.90 Å². The average Bonchev–Trinajstić information content (AvgIpc) is 2.15. The molecule has 4 nitrogen and oxygen atoms in total. The van der Waals surface area contributed by atoms with Gasteiger partial charge in [0.25, 0.3) is 0 Å². The fourth-order valence-electron chi connectivity index (χ4n) is 2.51. The first-order valence-electron chi connectivity index (χ1n) is 5.06. The van der Waals surface area contributed by atoms with Crippen molar-refractivity contribution >= 4 is 0 Å². The normalized spacial score (nSPS) is 47.3. The van der Waals surface area contributed by atoms with E-state index in [-0.39, 0.29) is 12.1 Å². The average molecular weight is 186 g/mol. The smallest absolute Gasteiger partial charge is 0.0977 e. The Balaban J connectivity index is 2.08. The van der Waals surface area contributed by atoms with Gasteiger partial charge < -0.3 is 15.9 Å². The highest BCUT2D eigenvalue weighted by Crippen LogP contribution is 2.25. The van der Waals surface area contributed by atoms with E-state index in [4.69, 9.17) is 5.73 Å². The van der Waals surface area contributed by atoms with Gasteiger partial charge in [-0.25, -0.2) is 0 Å². The van der Waals surface area contributed by atoms with E-state index in [9.17, 15) is 10.2 Å². The minimum Gasteiger partial charge on any atom is -0.389 e. The molecule has 2 saturated heterocycles. The van der Waals surface area contributed by atoms with Crippen LogP contribution in [0, 0.1) is 0 Å². The monoisotopic (exact) mass is 186 g/mol. The van der Waals surface area contributed by atoms with E-state index in [1.165, 1.54) is 12.8 Å². The maximum atomic E-state index is 9.58. The standard InChI is InChI=1S/C9H18N2O2/c10-8-6-3-1-2-4-11(6)5-7(12)9(8)13/h6-9,12-13H,1-5,10H2/t6-,7+,8-,9-/m0/s1. The summed E-state index contributed by atoms with van der Waals surface area (Å²) in [6, 6.07) is 0.0104. The Kier molecular flexibility index (Phi) is 2.55. The summed E-state index contributed by atoms with van der Waals surface area (Å²) in [7, 11) is 0. The lowest BCUT2D eigenvalue weighted by Crippen LogP contribution is -2.65. The van der Waals surface area contributed by atoms with E-state index in [0.717, 1.165) is 13.0 Å². The molecule has 2 rings (SSSR count). The minimum atomic E-state index is -0.737. The van der Waals surface area contributed by atoms with E-state index < -0.39 is 12.2 Å². The highest BCUT2D eigenvalue weighted by atomic mass is 16.3. The van der Waals surface area contributed by atoms with Crippen LogP contribution < -0.4 is 5.73 Å². The molecule has 0 saturated carbocycles. The molecule has 0 amide bonds. The van der Waals surface area contributed by atoms with E-state index in [2.05, 4.69) is 4.90 Å². The first-order chi connectivity index (χ1) is 6.20. The van der Waals surface area contributed by atoms with E-state index in [0.29, 0.717) is 6.54 Å². The second kappa shape index (κ2) is 3.53. The number of aliphatic hydroxyl groups excluding tert-OH is 2. The minimum absolute atomic E-state index is 0.274. The Morgan fingerprint density at radius 3 is 2.77 bits per heavy atom.